The molecule has 0 atom stereocenters. The average molecular weight is 155 g/mol. The van der Waals surface area contributed by atoms with E-state index >= 15 is 0 Å². The minimum absolute atomic E-state index is 0.0299. The second kappa shape index (κ2) is 3.39. The van der Waals surface area contributed by atoms with Crippen molar-refractivity contribution < 1.29 is 0 Å². The van der Waals surface area contributed by atoms with Gasteiger partial charge < -0.3 is 10.3 Å². The molecule has 1 rings (SSSR count). The molecule has 1 aromatic heterocycles. The van der Waals surface area contributed by atoms with Gasteiger partial charge in [0.25, 0.3) is 0 Å². The quantitative estimate of drug-likeness (QED) is 0.630. The van der Waals surface area contributed by atoms with Crippen molar-refractivity contribution in [1.82, 2.24) is 14.9 Å². The van der Waals surface area contributed by atoms with Crippen molar-refractivity contribution in [3.8, 4) is 0 Å². The van der Waals surface area contributed by atoms with Crippen LogP contribution in [0.15, 0.2) is 11.0 Å². The highest BCUT2D eigenvalue weighted by Gasteiger charge is 1.98. The fraction of sp³-hybridized carbons (Fsp3) is 0.571. The Bertz CT molecular complexity index is 273. The third-order valence-electron chi connectivity index (χ3n) is 1.66. The molecule has 0 aliphatic carbocycles. The molecular formula is C7H13N3O. The molecule has 1 aromatic rings. The van der Waals surface area contributed by atoms with Gasteiger partial charge in [0.05, 0.1) is 0 Å². The van der Waals surface area contributed by atoms with Gasteiger partial charge in [-0.1, -0.05) is 0 Å². The molecule has 0 fully saturated rings. The molecule has 4 nitrogen and oxygen atoms in total. The molecular weight excluding hydrogens is 142 g/mol. The third-order valence-corrected chi connectivity index (χ3v) is 1.66. The highest BCUT2D eigenvalue weighted by molar-refractivity contribution is 4.94. The number of rotatable bonds is 3. The maximum absolute atomic E-state index is 11.0. The van der Waals surface area contributed by atoms with Gasteiger partial charge in [0, 0.05) is 25.0 Å². The number of H-pyrrole nitrogens is 1. The molecule has 0 aromatic carbocycles. The lowest BCUT2D eigenvalue weighted by Crippen LogP contribution is -2.24. The Hall–Kier alpha value is -1.03. The lowest BCUT2D eigenvalue weighted by Gasteiger charge is -2.01. The zero-order valence-electron chi connectivity index (χ0n) is 6.85. The number of aryl methyl sites for hydroxylation is 1. The van der Waals surface area contributed by atoms with Crippen LogP contribution in [0.25, 0.3) is 0 Å². The number of imidazole rings is 1. The van der Waals surface area contributed by atoms with E-state index in [2.05, 4.69) is 10.3 Å². The number of hydrogen-bond donors (Lipinski definition) is 2. The average Bonchev–Trinajstić information content (AvgIpc) is 2.29. The Labute approximate surface area is 65.2 Å². The zero-order chi connectivity index (χ0) is 8.27. The van der Waals surface area contributed by atoms with Gasteiger partial charge in [0.2, 0.25) is 0 Å². The molecule has 0 spiro atoms. The summed E-state index contributed by atoms with van der Waals surface area (Å²) in [6.07, 6.45) is 1.72. The molecule has 0 aliphatic rings. The number of hydrogen-bond acceptors (Lipinski definition) is 2. The highest BCUT2D eigenvalue weighted by Crippen LogP contribution is 1.89. The van der Waals surface area contributed by atoms with Gasteiger partial charge >= 0.3 is 5.69 Å². The maximum atomic E-state index is 11.0. The summed E-state index contributed by atoms with van der Waals surface area (Å²) in [6, 6.07) is 0. The van der Waals surface area contributed by atoms with E-state index in [1.165, 1.54) is 0 Å². The van der Waals surface area contributed by atoms with Crippen molar-refractivity contribution in [1.29, 1.82) is 0 Å². The topological polar surface area (TPSA) is 49.8 Å². The summed E-state index contributed by atoms with van der Waals surface area (Å²) < 4.78 is 1.70. The van der Waals surface area contributed by atoms with Gasteiger partial charge in [-0.2, -0.15) is 0 Å². The van der Waals surface area contributed by atoms with Crippen LogP contribution in [0, 0.1) is 6.92 Å². The number of aromatic nitrogens is 2. The lowest BCUT2D eigenvalue weighted by atomic mass is 10.5. The smallest absolute Gasteiger partial charge is 0.318 e. The SMILES string of the molecule is CNCCn1c(C)c[nH]c1=O. The van der Waals surface area contributed by atoms with Crippen molar-refractivity contribution in [2.75, 3.05) is 13.6 Å². The molecule has 11 heavy (non-hydrogen) atoms. The summed E-state index contributed by atoms with van der Waals surface area (Å²) in [7, 11) is 1.87. The molecule has 1 heterocycles. The van der Waals surface area contributed by atoms with Crippen molar-refractivity contribution >= 4 is 0 Å². The van der Waals surface area contributed by atoms with Crippen LogP contribution in [0.2, 0.25) is 0 Å². The van der Waals surface area contributed by atoms with Gasteiger partial charge in [-0.3, -0.25) is 4.57 Å². The first kappa shape index (κ1) is 8.07. The van der Waals surface area contributed by atoms with Crippen LogP contribution >= 0.6 is 0 Å². The monoisotopic (exact) mass is 155 g/mol. The van der Waals surface area contributed by atoms with Gasteiger partial charge in [-0.15, -0.1) is 0 Å². The largest absolute Gasteiger partial charge is 0.325 e. The first-order valence-corrected chi connectivity index (χ1v) is 3.65. The molecule has 0 radical (unpaired) electrons. The van der Waals surface area contributed by atoms with Crippen LogP contribution < -0.4 is 11.0 Å². The minimum atomic E-state index is -0.0299. The number of aromatic amines is 1. The predicted molar refractivity (Wildman–Crippen MR) is 43.7 cm³/mol. The predicted octanol–water partition coefficient (Wildman–Crippen LogP) is -0.296. The Morgan fingerprint density at radius 1 is 1.73 bits per heavy atom. The molecule has 0 bridgehead atoms. The van der Waals surface area contributed by atoms with Crippen molar-refractivity contribution in [2.45, 2.75) is 13.5 Å². The summed E-state index contributed by atoms with van der Waals surface area (Å²) >= 11 is 0. The van der Waals surface area contributed by atoms with Crippen LogP contribution in [-0.2, 0) is 6.54 Å². The fourth-order valence-corrected chi connectivity index (χ4v) is 0.984. The summed E-state index contributed by atoms with van der Waals surface area (Å²) in [5.74, 6) is 0. The number of nitrogens with one attached hydrogen (secondary N) is 2. The van der Waals surface area contributed by atoms with E-state index in [0.717, 1.165) is 18.8 Å². The highest BCUT2D eigenvalue weighted by atomic mass is 16.1. The maximum Gasteiger partial charge on any atom is 0.325 e. The van der Waals surface area contributed by atoms with Crippen molar-refractivity contribution in [3.05, 3.63) is 22.4 Å². The van der Waals surface area contributed by atoms with E-state index in [0.29, 0.717) is 0 Å². The molecule has 2 N–H and O–H groups in total. The second-order valence-corrected chi connectivity index (χ2v) is 2.49. The van der Waals surface area contributed by atoms with Crippen molar-refractivity contribution in [2.24, 2.45) is 0 Å². The zero-order valence-corrected chi connectivity index (χ0v) is 6.85. The normalized spacial score (nSPS) is 10.4. The van der Waals surface area contributed by atoms with Gasteiger partial charge in [0.15, 0.2) is 0 Å². The van der Waals surface area contributed by atoms with E-state index in [1.54, 1.807) is 10.8 Å². The molecule has 0 unspecified atom stereocenters. The third kappa shape index (κ3) is 1.71. The van der Waals surface area contributed by atoms with Crippen LogP contribution in [-0.4, -0.2) is 23.1 Å². The lowest BCUT2D eigenvalue weighted by molar-refractivity contribution is 0.616. The summed E-state index contributed by atoms with van der Waals surface area (Å²) in [5.41, 5.74) is 0.947. The van der Waals surface area contributed by atoms with Crippen LogP contribution in [0.4, 0.5) is 0 Å². The van der Waals surface area contributed by atoms with E-state index in [1.807, 2.05) is 14.0 Å². The molecule has 0 aliphatic heterocycles. The molecule has 0 amide bonds. The van der Waals surface area contributed by atoms with Gasteiger partial charge in [0.1, 0.15) is 0 Å². The van der Waals surface area contributed by atoms with E-state index in [-0.39, 0.29) is 5.69 Å². The summed E-state index contributed by atoms with van der Waals surface area (Å²) in [4.78, 5) is 13.7. The first-order valence-electron chi connectivity index (χ1n) is 3.65. The molecule has 0 saturated carbocycles. The van der Waals surface area contributed by atoms with E-state index in [9.17, 15) is 4.79 Å². The summed E-state index contributed by atoms with van der Waals surface area (Å²) in [6.45, 7) is 3.46. The number of nitrogens with zero attached hydrogens (tertiary/aromatic N) is 1. The van der Waals surface area contributed by atoms with Gasteiger partial charge in [-0.05, 0) is 14.0 Å². The van der Waals surface area contributed by atoms with Crippen LogP contribution in [0.1, 0.15) is 5.69 Å². The Kier molecular flexibility index (Phi) is 2.48. The van der Waals surface area contributed by atoms with E-state index < -0.39 is 0 Å². The molecule has 4 heteroatoms. The van der Waals surface area contributed by atoms with Crippen LogP contribution in [0.5, 0.6) is 0 Å². The first-order chi connectivity index (χ1) is 5.25. The Balaban J connectivity index is 2.75. The molecule has 62 valence electrons. The van der Waals surface area contributed by atoms with Crippen LogP contribution in [0.3, 0.4) is 0 Å². The summed E-state index contributed by atoms with van der Waals surface area (Å²) in [5, 5.41) is 2.99. The second-order valence-electron chi connectivity index (χ2n) is 2.49. The molecule has 0 saturated heterocycles. The van der Waals surface area contributed by atoms with Crippen molar-refractivity contribution in [3.63, 3.8) is 0 Å². The Morgan fingerprint density at radius 2 is 2.45 bits per heavy atom. The minimum Gasteiger partial charge on any atom is -0.318 e. The number of likely N-dealkylation sites (N-methyl/N-ethyl adjacent to an activating group) is 1. The Morgan fingerprint density at radius 3 is 2.91 bits per heavy atom. The van der Waals surface area contributed by atoms with Gasteiger partial charge in [-0.25, -0.2) is 4.79 Å². The van der Waals surface area contributed by atoms with E-state index in [4.69, 9.17) is 0 Å². The fourth-order valence-electron chi connectivity index (χ4n) is 0.984. The standard InChI is InChI=1S/C7H13N3O/c1-6-5-9-7(11)10(6)4-3-8-2/h5,8H,3-4H2,1-2H3,(H,9,11).